The molecule has 0 aliphatic heterocycles. The van der Waals surface area contributed by atoms with Gasteiger partial charge < -0.3 is 10.2 Å². The summed E-state index contributed by atoms with van der Waals surface area (Å²) < 4.78 is 6.31. The average molecular weight is 164 g/mol. The van der Waals surface area contributed by atoms with Gasteiger partial charge in [-0.3, -0.25) is 0 Å². The van der Waals surface area contributed by atoms with Crippen molar-refractivity contribution >= 4 is 0 Å². The summed E-state index contributed by atoms with van der Waals surface area (Å²) in [6, 6.07) is 0. The summed E-state index contributed by atoms with van der Waals surface area (Å²) in [5.74, 6) is 0. The molecule has 0 fully saturated rings. The molecule has 70 valence electrons. The van der Waals surface area contributed by atoms with Crippen LogP contribution in [-0.4, -0.2) is 24.4 Å². The molecule has 0 aliphatic carbocycles. The SMILES string of the molecule is CCCCCO.[3H]OC(C)CC. The molecule has 0 aromatic carbocycles. The van der Waals surface area contributed by atoms with Crippen molar-refractivity contribution in [2.45, 2.75) is 52.6 Å². The molecule has 2 heteroatoms. The number of aliphatic hydroxyl groups is 2. The van der Waals surface area contributed by atoms with Crippen LogP contribution >= 0.6 is 0 Å². The van der Waals surface area contributed by atoms with Crippen molar-refractivity contribution in [3.05, 3.63) is 0 Å². The summed E-state index contributed by atoms with van der Waals surface area (Å²) in [6.45, 7) is 6.33. The van der Waals surface area contributed by atoms with Gasteiger partial charge in [0.05, 0.1) is 6.10 Å². The number of aliphatic hydroxyl groups excluding tert-OH is 2. The first-order valence-corrected chi connectivity index (χ1v) is 4.45. The second kappa shape index (κ2) is 12.6. The highest BCUT2D eigenvalue weighted by atomic mass is 16.3. The largest absolute Gasteiger partial charge is 0.396 e. The number of rotatable bonds is 5. The van der Waals surface area contributed by atoms with Gasteiger partial charge in [0.1, 0.15) is 0 Å². The zero-order valence-electron chi connectivity index (χ0n) is 8.97. The maximum absolute atomic E-state index is 8.20. The second-order valence-electron chi connectivity index (χ2n) is 2.65. The van der Waals surface area contributed by atoms with E-state index in [1.807, 2.05) is 13.8 Å². The van der Waals surface area contributed by atoms with E-state index in [4.69, 9.17) is 6.54 Å². The van der Waals surface area contributed by atoms with Crippen LogP contribution in [0.5, 0.6) is 0 Å². The maximum Gasteiger partial charge on any atom is 0.210 e. The van der Waals surface area contributed by atoms with E-state index in [9.17, 15) is 0 Å². The van der Waals surface area contributed by atoms with E-state index in [-0.39, 0.29) is 6.10 Å². The topological polar surface area (TPSA) is 40.5 Å². The van der Waals surface area contributed by atoms with Gasteiger partial charge in [0.15, 0.2) is 0 Å². The Bertz CT molecular complexity index is 61.5. The first-order valence-electron chi connectivity index (χ1n) is 4.86. The van der Waals surface area contributed by atoms with Crippen molar-refractivity contribution in [3.63, 3.8) is 0 Å². The normalized spacial score (nSPS) is 12.9. The van der Waals surface area contributed by atoms with Crippen molar-refractivity contribution in [2.24, 2.45) is 0 Å². The lowest BCUT2D eigenvalue weighted by Gasteiger charge is -1.90. The molecule has 2 N–H and O–H groups in total. The lowest BCUT2D eigenvalue weighted by atomic mass is 10.3. The Kier molecular flexibility index (Phi) is 12.5. The van der Waals surface area contributed by atoms with Crippen LogP contribution in [-0.2, 0) is 0 Å². The molecule has 0 aliphatic rings. The number of hydrogen-bond acceptors (Lipinski definition) is 2. The van der Waals surface area contributed by atoms with Crippen LogP contribution in [0.25, 0.3) is 0 Å². The van der Waals surface area contributed by atoms with Crippen LogP contribution < -0.4 is 0 Å². The van der Waals surface area contributed by atoms with Gasteiger partial charge in [-0.25, -0.2) is 0 Å². The third kappa shape index (κ3) is 25.7. The van der Waals surface area contributed by atoms with Gasteiger partial charge in [-0.05, 0) is 19.8 Å². The fraction of sp³-hybridized carbons (Fsp3) is 1.00. The summed E-state index contributed by atoms with van der Waals surface area (Å²) >= 11 is 0. The van der Waals surface area contributed by atoms with Crippen LogP contribution in [0.3, 0.4) is 0 Å². The Morgan fingerprint density at radius 2 is 2.00 bits per heavy atom. The molecule has 0 spiro atoms. The van der Waals surface area contributed by atoms with Gasteiger partial charge in [-0.1, -0.05) is 26.7 Å². The minimum atomic E-state index is 0.102. The van der Waals surface area contributed by atoms with E-state index in [0.717, 1.165) is 19.3 Å². The summed E-state index contributed by atoms with van der Waals surface area (Å²) in [7, 11) is 0. The summed E-state index contributed by atoms with van der Waals surface area (Å²) in [5.41, 5.74) is 0. The molecule has 0 rings (SSSR count). The maximum atomic E-state index is 8.20. The Balaban J connectivity index is 0. The lowest BCUT2D eigenvalue weighted by molar-refractivity contribution is 0.191. The van der Waals surface area contributed by atoms with Gasteiger partial charge in [0.2, 0.25) is 1.43 Å². The van der Waals surface area contributed by atoms with E-state index in [1.165, 1.54) is 6.42 Å². The van der Waals surface area contributed by atoms with E-state index < -0.39 is 0 Å². The monoisotopic (exact) mass is 164 g/mol. The molecule has 0 aromatic rings. The third-order valence-corrected chi connectivity index (χ3v) is 1.34. The van der Waals surface area contributed by atoms with E-state index in [2.05, 4.69) is 12.0 Å². The molecule has 0 saturated heterocycles. The number of unbranched alkanes of at least 4 members (excludes halogenated alkanes) is 2. The van der Waals surface area contributed by atoms with E-state index in [0.29, 0.717) is 6.61 Å². The van der Waals surface area contributed by atoms with E-state index >= 15 is 0 Å². The molecular weight excluding hydrogens is 140 g/mol. The molecule has 2 nitrogen and oxygen atoms in total. The van der Waals surface area contributed by atoms with Gasteiger partial charge in [0, 0.05) is 6.61 Å². The fourth-order valence-corrected chi connectivity index (χ4v) is 0.362. The van der Waals surface area contributed by atoms with Crippen LogP contribution in [0, 0.1) is 0 Å². The van der Waals surface area contributed by atoms with Gasteiger partial charge in [0.25, 0.3) is 0 Å². The van der Waals surface area contributed by atoms with Crippen LogP contribution in [0.1, 0.15) is 46.5 Å². The van der Waals surface area contributed by atoms with Gasteiger partial charge in [-0.2, -0.15) is 0 Å². The molecule has 0 saturated carbocycles. The first kappa shape index (κ1) is 10.9. The number of hydrogen-bond donors (Lipinski definition) is 2. The lowest BCUT2D eigenvalue weighted by Crippen LogP contribution is -1.93. The minimum absolute atomic E-state index is 0.102. The Hall–Kier alpha value is -0.0800. The Labute approximate surface area is 71.7 Å². The molecule has 1 unspecified atom stereocenters. The third-order valence-electron chi connectivity index (χ3n) is 1.34. The molecule has 0 aromatic heterocycles. The van der Waals surface area contributed by atoms with Crippen molar-refractivity contribution in [1.82, 2.24) is 0 Å². The summed E-state index contributed by atoms with van der Waals surface area (Å²) in [6.07, 6.45) is 4.35. The highest BCUT2D eigenvalue weighted by Gasteiger charge is 1.81. The standard InChI is InChI=1S/C5H12O.C4H10O/c1-2-3-4-5-6;1-3-4(2)5/h6H,2-5H2,1H3;4-5H,3H2,1-2H3/i;5T. The molecule has 1 atom stereocenters. The van der Waals surface area contributed by atoms with Crippen molar-refractivity contribution in [2.75, 3.05) is 6.61 Å². The molecule has 0 heterocycles. The molecular formula is C9H22O2. The van der Waals surface area contributed by atoms with Crippen molar-refractivity contribution < 1.29 is 10.2 Å². The van der Waals surface area contributed by atoms with Crippen LogP contribution in [0.15, 0.2) is 0 Å². The fourth-order valence-electron chi connectivity index (χ4n) is 0.362. The average Bonchev–Trinajstić information content (AvgIpc) is 2.14. The minimum Gasteiger partial charge on any atom is -0.396 e. The Morgan fingerprint density at radius 1 is 1.36 bits per heavy atom. The van der Waals surface area contributed by atoms with Crippen LogP contribution in [0.4, 0.5) is 0 Å². The van der Waals surface area contributed by atoms with Crippen molar-refractivity contribution in [3.8, 4) is 0 Å². The molecule has 11 heavy (non-hydrogen) atoms. The molecule has 0 amide bonds. The summed E-state index contributed by atoms with van der Waals surface area (Å²) in [5, 5.41) is 12.3. The smallest absolute Gasteiger partial charge is 0.210 e. The molecule has 0 radical (unpaired) electrons. The van der Waals surface area contributed by atoms with Gasteiger partial charge in [-0.15, -0.1) is 0 Å². The van der Waals surface area contributed by atoms with Crippen molar-refractivity contribution in [1.29, 1.82) is 1.43 Å². The highest BCUT2D eigenvalue weighted by molar-refractivity contribution is 4.34. The predicted octanol–water partition coefficient (Wildman–Crippen LogP) is 1.95. The molecule has 0 bridgehead atoms. The zero-order valence-corrected chi connectivity index (χ0v) is 7.97. The Morgan fingerprint density at radius 3 is 2.09 bits per heavy atom. The highest BCUT2D eigenvalue weighted by Crippen LogP contribution is 1.89. The summed E-state index contributed by atoms with van der Waals surface area (Å²) in [4.78, 5) is 0. The quantitative estimate of drug-likeness (QED) is 0.610. The second-order valence-corrected chi connectivity index (χ2v) is 2.65. The predicted molar refractivity (Wildman–Crippen MR) is 48.6 cm³/mol. The van der Waals surface area contributed by atoms with Crippen LogP contribution in [0.2, 0.25) is 0 Å². The first-order chi connectivity index (χ1) is 5.72. The van der Waals surface area contributed by atoms with E-state index in [1.54, 1.807) is 0 Å². The van der Waals surface area contributed by atoms with Gasteiger partial charge >= 0.3 is 0 Å². The zero-order chi connectivity index (χ0) is 9.82.